The molecule has 1 aromatic carbocycles. The molecule has 0 radical (unpaired) electrons. The first-order valence-electron chi connectivity index (χ1n) is 9.27. The second kappa shape index (κ2) is 8.58. The van der Waals surface area contributed by atoms with Gasteiger partial charge in [-0.3, -0.25) is 4.79 Å². The van der Waals surface area contributed by atoms with Crippen molar-refractivity contribution in [2.24, 2.45) is 13.0 Å². The number of rotatable bonds is 6. The zero-order valence-corrected chi connectivity index (χ0v) is 16.2. The molecule has 0 spiro atoms. The molecule has 3 rings (SSSR count). The van der Waals surface area contributed by atoms with Crippen LogP contribution in [0, 0.1) is 5.92 Å². The third-order valence-corrected chi connectivity index (χ3v) is 5.45. The molecule has 0 bridgehead atoms. The molecule has 1 aliphatic rings. The Morgan fingerprint density at radius 3 is 2.58 bits per heavy atom. The zero-order chi connectivity index (χ0) is 18.5. The second-order valence-corrected chi connectivity index (χ2v) is 7.20. The lowest BCUT2D eigenvalue weighted by atomic mass is 9.90. The Balaban J connectivity index is 1.51. The minimum absolute atomic E-state index is 0.234. The third-order valence-electron chi connectivity index (χ3n) is 5.09. The molecule has 1 aromatic heterocycles. The minimum atomic E-state index is -0.234. The molecule has 1 fully saturated rings. The van der Waals surface area contributed by atoms with Crippen LogP contribution in [0.5, 0.6) is 5.75 Å². The number of hydrogen-bond acceptors (Lipinski definition) is 4. The average molecular weight is 376 g/mol. The first-order valence-corrected chi connectivity index (χ1v) is 9.64. The van der Waals surface area contributed by atoms with Crippen LogP contribution in [0.3, 0.4) is 0 Å². The van der Waals surface area contributed by atoms with Gasteiger partial charge in [0.1, 0.15) is 10.8 Å². The van der Waals surface area contributed by atoms with Gasteiger partial charge >= 0.3 is 0 Å². The summed E-state index contributed by atoms with van der Waals surface area (Å²) in [5.41, 5.74) is 1.89. The van der Waals surface area contributed by atoms with Crippen LogP contribution >= 0.6 is 11.6 Å². The number of piperidine rings is 1. The number of anilines is 1. The van der Waals surface area contributed by atoms with Crippen LogP contribution in [0.1, 0.15) is 31.7 Å². The molecule has 2 aromatic rings. The van der Waals surface area contributed by atoms with Crippen molar-refractivity contribution in [1.29, 1.82) is 0 Å². The van der Waals surface area contributed by atoms with E-state index in [1.165, 1.54) is 16.7 Å². The minimum Gasteiger partial charge on any atom is -0.494 e. The Hall–Kier alpha value is -2.01. The highest BCUT2D eigenvalue weighted by Crippen LogP contribution is 2.29. The van der Waals surface area contributed by atoms with E-state index in [1.54, 1.807) is 13.2 Å². The fourth-order valence-corrected chi connectivity index (χ4v) is 3.77. The van der Waals surface area contributed by atoms with Crippen LogP contribution in [0.25, 0.3) is 0 Å². The van der Waals surface area contributed by atoms with Crippen molar-refractivity contribution in [2.75, 3.05) is 24.6 Å². The predicted molar refractivity (Wildman–Crippen MR) is 105 cm³/mol. The first-order chi connectivity index (χ1) is 12.6. The van der Waals surface area contributed by atoms with E-state index in [9.17, 15) is 4.79 Å². The molecule has 140 valence electrons. The van der Waals surface area contributed by atoms with Gasteiger partial charge in [-0.1, -0.05) is 23.7 Å². The molecule has 0 aliphatic carbocycles. The van der Waals surface area contributed by atoms with Crippen LogP contribution in [-0.2, 0) is 13.5 Å². The number of hydrogen-bond donors (Lipinski definition) is 0. The van der Waals surface area contributed by atoms with Crippen LogP contribution in [0.4, 0.5) is 5.69 Å². The number of nitrogens with zero attached hydrogens (tertiary/aromatic N) is 3. The Kier molecular flexibility index (Phi) is 6.20. The molecule has 26 heavy (non-hydrogen) atoms. The summed E-state index contributed by atoms with van der Waals surface area (Å²) >= 11 is 6.22. The monoisotopic (exact) mass is 375 g/mol. The molecule has 0 N–H and O–H groups in total. The predicted octanol–water partition coefficient (Wildman–Crippen LogP) is 3.68. The molecule has 0 unspecified atom stereocenters. The fourth-order valence-electron chi connectivity index (χ4n) is 3.47. The van der Waals surface area contributed by atoms with Gasteiger partial charge in [-0.2, -0.15) is 5.10 Å². The van der Waals surface area contributed by atoms with E-state index in [4.69, 9.17) is 16.3 Å². The molecular weight excluding hydrogens is 350 g/mol. The van der Waals surface area contributed by atoms with Gasteiger partial charge in [-0.05, 0) is 56.2 Å². The number of aryl methyl sites for hydroxylation is 2. The maximum Gasteiger partial charge on any atom is 0.287 e. The van der Waals surface area contributed by atoms with Crippen molar-refractivity contribution in [3.8, 4) is 5.75 Å². The summed E-state index contributed by atoms with van der Waals surface area (Å²) in [5.74, 6) is 1.64. The lowest BCUT2D eigenvalue weighted by Crippen LogP contribution is -2.35. The second-order valence-electron chi connectivity index (χ2n) is 6.82. The van der Waals surface area contributed by atoms with E-state index in [0.29, 0.717) is 12.5 Å². The summed E-state index contributed by atoms with van der Waals surface area (Å²) in [4.78, 5) is 14.1. The molecular formula is C20H26ClN3O2. The van der Waals surface area contributed by atoms with Crippen molar-refractivity contribution >= 4 is 17.3 Å². The van der Waals surface area contributed by atoms with Crippen LogP contribution in [-0.4, -0.2) is 29.5 Å². The van der Waals surface area contributed by atoms with Gasteiger partial charge in [0.25, 0.3) is 5.56 Å². The van der Waals surface area contributed by atoms with Gasteiger partial charge < -0.3 is 9.64 Å². The summed E-state index contributed by atoms with van der Waals surface area (Å²) in [6.45, 7) is 4.53. The highest BCUT2D eigenvalue weighted by Gasteiger charge is 2.22. The largest absolute Gasteiger partial charge is 0.494 e. The maximum atomic E-state index is 12.0. The molecule has 5 nitrogen and oxygen atoms in total. The number of aromatic nitrogens is 2. The lowest BCUT2D eigenvalue weighted by Gasteiger charge is -2.33. The summed E-state index contributed by atoms with van der Waals surface area (Å²) in [7, 11) is 1.62. The van der Waals surface area contributed by atoms with Gasteiger partial charge in [-0.25, -0.2) is 4.68 Å². The Morgan fingerprint density at radius 1 is 1.23 bits per heavy atom. The molecule has 2 heterocycles. The molecule has 1 aliphatic heterocycles. The van der Waals surface area contributed by atoms with Crippen molar-refractivity contribution in [3.05, 3.63) is 51.4 Å². The Morgan fingerprint density at radius 2 is 1.92 bits per heavy atom. The maximum absolute atomic E-state index is 12.0. The van der Waals surface area contributed by atoms with E-state index < -0.39 is 0 Å². The van der Waals surface area contributed by atoms with Gasteiger partial charge in [0, 0.05) is 20.1 Å². The van der Waals surface area contributed by atoms with Crippen molar-refractivity contribution in [2.45, 2.75) is 32.6 Å². The molecule has 0 saturated carbocycles. The number of ether oxygens (including phenoxy) is 1. The summed E-state index contributed by atoms with van der Waals surface area (Å²) in [6.07, 6.45) is 6.20. The summed E-state index contributed by atoms with van der Waals surface area (Å²) in [6, 6.07) is 8.41. The lowest BCUT2D eigenvalue weighted by molar-refractivity contribution is 0.340. The van der Waals surface area contributed by atoms with Gasteiger partial charge in [0.05, 0.1) is 18.5 Å². The van der Waals surface area contributed by atoms with Crippen LogP contribution in [0.2, 0.25) is 5.02 Å². The third kappa shape index (κ3) is 4.39. The van der Waals surface area contributed by atoms with Gasteiger partial charge in [-0.15, -0.1) is 0 Å². The normalized spacial score (nSPS) is 15.3. The average Bonchev–Trinajstić information content (AvgIpc) is 2.67. The van der Waals surface area contributed by atoms with E-state index in [0.717, 1.165) is 43.8 Å². The fraction of sp³-hybridized carbons (Fsp3) is 0.500. The first kappa shape index (κ1) is 18.8. The highest BCUT2D eigenvalue weighted by molar-refractivity contribution is 6.33. The number of benzene rings is 1. The standard InChI is InChI=1S/C20H26ClN3O2/c1-3-26-17-8-6-15(7-9-17)4-5-16-10-12-24(13-11-16)18-14-22-23(2)20(25)19(18)21/h6-9,14,16H,3-5,10-13H2,1-2H3. The highest BCUT2D eigenvalue weighted by atomic mass is 35.5. The van der Waals surface area contributed by atoms with Crippen molar-refractivity contribution < 1.29 is 4.74 Å². The van der Waals surface area contributed by atoms with E-state index in [2.05, 4.69) is 22.1 Å². The Labute approximate surface area is 159 Å². The SMILES string of the molecule is CCOc1ccc(CCC2CCN(c3cnn(C)c(=O)c3Cl)CC2)cc1. The molecule has 0 atom stereocenters. The summed E-state index contributed by atoms with van der Waals surface area (Å²) < 4.78 is 6.76. The van der Waals surface area contributed by atoms with E-state index >= 15 is 0 Å². The van der Waals surface area contributed by atoms with Crippen molar-refractivity contribution in [1.82, 2.24) is 9.78 Å². The van der Waals surface area contributed by atoms with Crippen LogP contribution in [0.15, 0.2) is 35.3 Å². The van der Waals surface area contributed by atoms with Gasteiger partial charge in [0.15, 0.2) is 0 Å². The summed E-state index contributed by atoms with van der Waals surface area (Å²) in [5, 5.41) is 4.37. The molecule has 1 saturated heterocycles. The zero-order valence-electron chi connectivity index (χ0n) is 15.4. The van der Waals surface area contributed by atoms with Crippen molar-refractivity contribution in [3.63, 3.8) is 0 Å². The topological polar surface area (TPSA) is 47.4 Å². The molecule has 0 amide bonds. The Bertz CT molecular complexity index is 781. The van der Waals surface area contributed by atoms with Gasteiger partial charge in [0.2, 0.25) is 0 Å². The number of halogens is 1. The quantitative estimate of drug-likeness (QED) is 0.772. The van der Waals surface area contributed by atoms with E-state index in [1.807, 2.05) is 19.1 Å². The van der Waals surface area contributed by atoms with E-state index in [-0.39, 0.29) is 10.6 Å². The smallest absolute Gasteiger partial charge is 0.287 e. The molecule has 6 heteroatoms. The van der Waals surface area contributed by atoms with Crippen LogP contribution < -0.4 is 15.2 Å².